The standard InChI is InChI=1S/C22H28N6O2/c1-22(2,3)28-18-17(13-24-28)20(30)27-21(26-18)23-12-14-7-6-10-16(11-14)25-19(29)15-8-4-5-9-15/h6-7,10-11,13,15H,4-5,8-9,12H2,1-3H3,(H,25,29)(H2,23,26,27,30). The van der Waals surface area contributed by atoms with Gasteiger partial charge in [0.25, 0.3) is 5.56 Å². The van der Waals surface area contributed by atoms with E-state index in [2.05, 4.69) is 25.7 Å². The van der Waals surface area contributed by atoms with Crippen LogP contribution in [0.3, 0.4) is 0 Å². The van der Waals surface area contributed by atoms with Crippen molar-refractivity contribution < 1.29 is 4.79 Å². The number of hydrogen-bond acceptors (Lipinski definition) is 5. The van der Waals surface area contributed by atoms with Crippen LogP contribution in [0.25, 0.3) is 11.0 Å². The molecule has 30 heavy (non-hydrogen) atoms. The molecule has 0 saturated heterocycles. The van der Waals surface area contributed by atoms with Crippen LogP contribution in [0.2, 0.25) is 0 Å². The Hall–Kier alpha value is -3.16. The fourth-order valence-corrected chi connectivity index (χ4v) is 3.87. The fraction of sp³-hybridized carbons (Fsp3) is 0.455. The molecule has 1 amide bonds. The van der Waals surface area contributed by atoms with Gasteiger partial charge in [-0.1, -0.05) is 25.0 Å². The first kappa shape index (κ1) is 20.1. The van der Waals surface area contributed by atoms with Crippen LogP contribution in [0, 0.1) is 5.92 Å². The summed E-state index contributed by atoms with van der Waals surface area (Å²) in [5, 5.41) is 11.0. The number of benzene rings is 1. The number of nitrogens with zero attached hydrogens (tertiary/aromatic N) is 3. The summed E-state index contributed by atoms with van der Waals surface area (Å²) in [4.78, 5) is 32.1. The van der Waals surface area contributed by atoms with Crippen LogP contribution >= 0.6 is 0 Å². The highest BCUT2D eigenvalue weighted by molar-refractivity contribution is 5.92. The summed E-state index contributed by atoms with van der Waals surface area (Å²) in [7, 11) is 0. The van der Waals surface area contributed by atoms with Gasteiger partial charge in [-0.3, -0.25) is 14.6 Å². The molecule has 1 aromatic carbocycles. The zero-order valence-corrected chi connectivity index (χ0v) is 17.7. The molecule has 0 spiro atoms. The highest BCUT2D eigenvalue weighted by atomic mass is 16.2. The summed E-state index contributed by atoms with van der Waals surface area (Å²) in [5.74, 6) is 0.615. The molecule has 3 N–H and O–H groups in total. The van der Waals surface area contributed by atoms with E-state index in [9.17, 15) is 9.59 Å². The van der Waals surface area contributed by atoms with E-state index < -0.39 is 0 Å². The second kappa shape index (κ2) is 7.93. The molecule has 1 saturated carbocycles. The Bertz CT molecular complexity index is 1120. The van der Waals surface area contributed by atoms with Gasteiger partial charge in [0.15, 0.2) is 5.65 Å². The first-order valence-electron chi connectivity index (χ1n) is 10.4. The second-order valence-electron chi connectivity index (χ2n) is 8.90. The molecule has 0 radical (unpaired) electrons. The van der Waals surface area contributed by atoms with E-state index in [0.29, 0.717) is 23.5 Å². The molecule has 3 aromatic rings. The Morgan fingerprint density at radius 2 is 2.03 bits per heavy atom. The van der Waals surface area contributed by atoms with Crippen molar-refractivity contribution in [3.8, 4) is 0 Å². The van der Waals surface area contributed by atoms with E-state index in [1.165, 1.54) is 0 Å². The lowest BCUT2D eigenvalue weighted by molar-refractivity contribution is -0.119. The van der Waals surface area contributed by atoms with Gasteiger partial charge in [-0.2, -0.15) is 10.1 Å². The molecule has 1 fully saturated rings. The van der Waals surface area contributed by atoms with Gasteiger partial charge in [0.1, 0.15) is 5.39 Å². The molecule has 0 aliphatic heterocycles. The summed E-state index contributed by atoms with van der Waals surface area (Å²) in [5.41, 5.74) is 1.80. The predicted molar refractivity (Wildman–Crippen MR) is 118 cm³/mol. The lowest BCUT2D eigenvalue weighted by Gasteiger charge is -2.19. The van der Waals surface area contributed by atoms with Crippen molar-refractivity contribution in [3.05, 3.63) is 46.4 Å². The van der Waals surface area contributed by atoms with Gasteiger partial charge in [0, 0.05) is 18.2 Å². The van der Waals surface area contributed by atoms with Gasteiger partial charge in [-0.05, 0) is 51.3 Å². The summed E-state index contributed by atoms with van der Waals surface area (Å²) >= 11 is 0. The maximum Gasteiger partial charge on any atom is 0.263 e. The van der Waals surface area contributed by atoms with E-state index in [1.54, 1.807) is 10.9 Å². The maximum atomic E-state index is 12.4. The zero-order valence-electron chi connectivity index (χ0n) is 17.7. The van der Waals surface area contributed by atoms with Crippen molar-refractivity contribution in [2.45, 2.75) is 58.5 Å². The molecule has 0 atom stereocenters. The predicted octanol–water partition coefficient (Wildman–Crippen LogP) is 3.62. The molecular formula is C22H28N6O2. The molecule has 2 aromatic heterocycles. The minimum Gasteiger partial charge on any atom is -0.352 e. The van der Waals surface area contributed by atoms with Gasteiger partial charge < -0.3 is 10.6 Å². The lowest BCUT2D eigenvalue weighted by atomic mass is 10.1. The third-order valence-electron chi connectivity index (χ3n) is 5.45. The highest BCUT2D eigenvalue weighted by Gasteiger charge is 2.22. The number of fused-ring (bicyclic) bond motifs is 1. The molecule has 0 unspecified atom stereocenters. The second-order valence-corrected chi connectivity index (χ2v) is 8.90. The third kappa shape index (κ3) is 4.22. The van der Waals surface area contributed by atoms with Crippen molar-refractivity contribution in [2.75, 3.05) is 10.6 Å². The molecule has 8 nitrogen and oxygen atoms in total. The Labute approximate surface area is 175 Å². The van der Waals surface area contributed by atoms with Gasteiger partial charge in [0.2, 0.25) is 11.9 Å². The average Bonchev–Trinajstić information content (AvgIpc) is 3.36. The largest absolute Gasteiger partial charge is 0.352 e. The lowest BCUT2D eigenvalue weighted by Crippen LogP contribution is -2.24. The molecule has 4 rings (SSSR count). The molecule has 2 heterocycles. The molecule has 0 bridgehead atoms. The van der Waals surface area contributed by atoms with Crippen LogP contribution < -0.4 is 16.2 Å². The molecule has 1 aliphatic carbocycles. The van der Waals surface area contributed by atoms with Crippen molar-refractivity contribution >= 4 is 28.6 Å². The summed E-state index contributed by atoms with van der Waals surface area (Å²) in [6.45, 7) is 6.51. The quantitative estimate of drug-likeness (QED) is 0.598. The minimum absolute atomic E-state index is 0.101. The van der Waals surface area contributed by atoms with E-state index >= 15 is 0 Å². The highest BCUT2D eigenvalue weighted by Crippen LogP contribution is 2.26. The number of amides is 1. The van der Waals surface area contributed by atoms with Gasteiger partial charge in [-0.25, -0.2) is 4.68 Å². The van der Waals surface area contributed by atoms with Crippen LogP contribution in [0.15, 0.2) is 35.3 Å². The number of aromatic amines is 1. The van der Waals surface area contributed by atoms with Crippen LogP contribution in [-0.2, 0) is 16.9 Å². The van der Waals surface area contributed by atoms with Crippen LogP contribution in [0.1, 0.15) is 52.0 Å². The van der Waals surface area contributed by atoms with Crippen LogP contribution in [0.5, 0.6) is 0 Å². The number of nitrogens with one attached hydrogen (secondary N) is 3. The van der Waals surface area contributed by atoms with E-state index in [-0.39, 0.29) is 22.9 Å². The van der Waals surface area contributed by atoms with E-state index in [4.69, 9.17) is 0 Å². The van der Waals surface area contributed by atoms with Gasteiger partial charge in [-0.15, -0.1) is 0 Å². The molecule has 1 aliphatic rings. The minimum atomic E-state index is -0.286. The summed E-state index contributed by atoms with van der Waals surface area (Å²) < 4.78 is 1.75. The molecule has 8 heteroatoms. The number of hydrogen-bond donors (Lipinski definition) is 3. The van der Waals surface area contributed by atoms with E-state index in [1.807, 2.05) is 45.0 Å². The molecule has 158 valence electrons. The number of rotatable bonds is 5. The molecular weight excluding hydrogens is 380 g/mol. The number of aromatic nitrogens is 4. The first-order chi connectivity index (χ1) is 14.3. The normalized spacial score (nSPS) is 14.9. The summed E-state index contributed by atoms with van der Waals surface area (Å²) in [6.07, 6.45) is 5.75. The SMILES string of the molecule is CC(C)(C)n1ncc2c(=O)[nH]c(NCc3cccc(NC(=O)C4CCCC4)c3)nc21. The number of H-pyrrole nitrogens is 1. The maximum absolute atomic E-state index is 12.4. The van der Waals surface area contributed by atoms with E-state index in [0.717, 1.165) is 36.9 Å². The Kier molecular flexibility index (Phi) is 5.32. The van der Waals surface area contributed by atoms with Crippen molar-refractivity contribution in [1.29, 1.82) is 0 Å². The Balaban J connectivity index is 1.49. The topological polar surface area (TPSA) is 105 Å². The average molecular weight is 409 g/mol. The fourth-order valence-electron chi connectivity index (χ4n) is 3.87. The monoisotopic (exact) mass is 408 g/mol. The third-order valence-corrected chi connectivity index (χ3v) is 5.45. The van der Waals surface area contributed by atoms with Crippen LogP contribution in [-0.4, -0.2) is 25.7 Å². The number of anilines is 2. The first-order valence-corrected chi connectivity index (χ1v) is 10.4. The smallest absolute Gasteiger partial charge is 0.263 e. The van der Waals surface area contributed by atoms with Gasteiger partial charge in [0.05, 0.1) is 11.7 Å². The Morgan fingerprint density at radius 3 is 2.77 bits per heavy atom. The zero-order chi connectivity index (χ0) is 21.3. The Morgan fingerprint density at radius 1 is 1.27 bits per heavy atom. The summed E-state index contributed by atoms with van der Waals surface area (Å²) in [6, 6.07) is 7.71. The van der Waals surface area contributed by atoms with Gasteiger partial charge >= 0.3 is 0 Å². The van der Waals surface area contributed by atoms with Crippen molar-refractivity contribution in [1.82, 2.24) is 19.7 Å². The number of carbonyl (C=O) groups is 1. The van der Waals surface area contributed by atoms with Crippen molar-refractivity contribution in [3.63, 3.8) is 0 Å². The van der Waals surface area contributed by atoms with Crippen molar-refractivity contribution in [2.24, 2.45) is 5.92 Å². The number of carbonyl (C=O) groups excluding carboxylic acids is 1. The van der Waals surface area contributed by atoms with Crippen LogP contribution in [0.4, 0.5) is 11.6 Å².